The van der Waals surface area contributed by atoms with Gasteiger partial charge in [0.15, 0.2) is 6.61 Å². The Labute approximate surface area is 181 Å². The maximum Gasteiger partial charge on any atom is 0.344 e. The number of carbonyl (C=O) groups is 3. The molecule has 0 unspecified atom stereocenters. The van der Waals surface area contributed by atoms with Crippen molar-refractivity contribution < 1.29 is 23.9 Å². The number of hydrogen-bond donors (Lipinski definition) is 2. The van der Waals surface area contributed by atoms with Crippen LogP contribution in [0.3, 0.4) is 0 Å². The highest BCUT2D eigenvalue weighted by molar-refractivity contribution is 6.08. The van der Waals surface area contributed by atoms with Gasteiger partial charge in [0, 0.05) is 0 Å². The second-order valence-electron chi connectivity index (χ2n) is 7.92. The first kappa shape index (κ1) is 22.1. The fraction of sp³-hybridized carbons (Fsp3) is 0.348. The molecule has 0 saturated carbocycles. The molecule has 8 heteroatoms. The van der Waals surface area contributed by atoms with Crippen molar-refractivity contribution >= 4 is 17.8 Å². The van der Waals surface area contributed by atoms with E-state index in [4.69, 9.17) is 9.47 Å². The van der Waals surface area contributed by atoms with Crippen molar-refractivity contribution in [1.29, 1.82) is 0 Å². The number of methoxy groups -OCH3 is 1. The van der Waals surface area contributed by atoms with E-state index in [0.29, 0.717) is 28.0 Å². The highest BCUT2D eigenvalue weighted by Crippen LogP contribution is 2.30. The van der Waals surface area contributed by atoms with E-state index < -0.39 is 23.4 Å². The number of aryl methyl sites for hydroxylation is 1. The number of rotatable bonds is 7. The number of urea groups is 1. The Bertz CT molecular complexity index is 1020. The first-order valence-corrected chi connectivity index (χ1v) is 9.99. The van der Waals surface area contributed by atoms with E-state index in [-0.39, 0.29) is 6.61 Å². The topological polar surface area (TPSA) is 97.0 Å². The summed E-state index contributed by atoms with van der Waals surface area (Å²) in [6.45, 7) is 7.42. The van der Waals surface area contributed by atoms with Crippen LogP contribution in [0.1, 0.15) is 43.4 Å². The van der Waals surface area contributed by atoms with Gasteiger partial charge in [0.05, 0.1) is 7.11 Å². The Hall–Kier alpha value is -3.55. The molecule has 2 aromatic rings. The number of imide groups is 1. The lowest BCUT2D eigenvalue weighted by atomic mass is 9.92. The van der Waals surface area contributed by atoms with Crippen LogP contribution < -0.4 is 20.2 Å². The van der Waals surface area contributed by atoms with Gasteiger partial charge in [-0.25, -0.2) is 4.79 Å². The van der Waals surface area contributed by atoms with E-state index in [1.807, 2.05) is 19.1 Å². The fourth-order valence-corrected chi connectivity index (χ4v) is 3.56. The van der Waals surface area contributed by atoms with Gasteiger partial charge >= 0.3 is 6.03 Å². The molecule has 1 fully saturated rings. The van der Waals surface area contributed by atoms with Crippen LogP contribution in [0.4, 0.5) is 4.79 Å². The third-order valence-electron chi connectivity index (χ3n) is 5.31. The second kappa shape index (κ2) is 8.67. The summed E-state index contributed by atoms with van der Waals surface area (Å²) in [7, 11) is 1.51. The van der Waals surface area contributed by atoms with Crippen molar-refractivity contribution in [2.24, 2.45) is 0 Å². The molecule has 0 bridgehead atoms. The lowest BCUT2D eigenvalue weighted by Crippen LogP contribution is -2.49. The van der Waals surface area contributed by atoms with Gasteiger partial charge in [0.1, 0.15) is 17.0 Å². The van der Waals surface area contributed by atoms with E-state index in [0.717, 1.165) is 5.56 Å². The Kier molecular flexibility index (Phi) is 6.19. The van der Waals surface area contributed by atoms with Crippen LogP contribution in [0.15, 0.2) is 42.5 Å². The normalized spacial score (nSPS) is 18.2. The molecule has 2 aromatic carbocycles. The van der Waals surface area contributed by atoms with Crippen LogP contribution in [-0.4, -0.2) is 36.6 Å². The van der Waals surface area contributed by atoms with Crippen LogP contribution in [0.25, 0.3) is 0 Å². The smallest absolute Gasteiger partial charge is 0.344 e. The largest absolute Gasteiger partial charge is 0.497 e. The molecule has 164 valence electrons. The van der Waals surface area contributed by atoms with Crippen LogP contribution in [0, 0.1) is 6.92 Å². The zero-order valence-corrected chi connectivity index (χ0v) is 18.3. The first-order valence-electron chi connectivity index (χ1n) is 9.99. The van der Waals surface area contributed by atoms with E-state index in [1.165, 1.54) is 12.7 Å². The molecule has 0 aliphatic carbocycles. The summed E-state index contributed by atoms with van der Waals surface area (Å²) < 4.78 is 10.7. The number of nitrogens with one attached hydrogen (secondary N) is 2. The Morgan fingerprint density at radius 3 is 2.55 bits per heavy atom. The van der Waals surface area contributed by atoms with Gasteiger partial charge < -0.3 is 14.8 Å². The quantitative estimate of drug-likeness (QED) is 0.665. The van der Waals surface area contributed by atoms with Crippen LogP contribution in [0.2, 0.25) is 0 Å². The van der Waals surface area contributed by atoms with Crippen molar-refractivity contribution in [3.63, 3.8) is 0 Å². The van der Waals surface area contributed by atoms with E-state index in [1.54, 1.807) is 37.3 Å². The average Bonchev–Trinajstić information content (AvgIpc) is 2.96. The minimum Gasteiger partial charge on any atom is -0.497 e. The monoisotopic (exact) mass is 425 g/mol. The average molecular weight is 425 g/mol. The number of hydrazine groups is 1. The number of nitrogens with zero attached hydrogens (tertiary/aromatic N) is 1. The van der Waals surface area contributed by atoms with E-state index in [2.05, 4.69) is 24.6 Å². The fourth-order valence-electron chi connectivity index (χ4n) is 3.56. The molecule has 1 aliphatic heterocycles. The van der Waals surface area contributed by atoms with Crippen molar-refractivity contribution in [2.75, 3.05) is 13.7 Å². The van der Waals surface area contributed by atoms with Gasteiger partial charge in [0.25, 0.3) is 11.8 Å². The Balaban J connectivity index is 1.65. The van der Waals surface area contributed by atoms with Crippen LogP contribution in [-0.2, 0) is 15.1 Å². The predicted octanol–water partition coefficient (Wildman–Crippen LogP) is 3.00. The van der Waals surface area contributed by atoms with Gasteiger partial charge in [-0.15, -0.1) is 0 Å². The molecule has 0 aromatic heterocycles. The number of ether oxygens (including phenoxy) is 2. The van der Waals surface area contributed by atoms with Gasteiger partial charge in [-0.3, -0.25) is 15.0 Å². The third-order valence-corrected chi connectivity index (χ3v) is 5.31. The van der Waals surface area contributed by atoms with Crippen LogP contribution >= 0.6 is 0 Å². The van der Waals surface area contributed by atoms with Gasteiger partial charge in [0.2, 0.25) is 0 Å². The zero-order chi connectivity index (χ0) is 22.8. The Morgan fingerprint density at radius 1 is 1.16 bits per heavy atom. The molecule has 8 nitrogen and oxygen atoms in total. The summed E-state index contributed by atoms with van der Waals surface area (Å²) >= 11 is 0. The molecule has 1 saturated heterocycles. The molecular weight excluding hydrogens is 398 g/mol. The summed E-state index contributed by atoms with van der Waals surface area (Å²) in [6.07, 6.45) is 0. The molecule has 2 N–H and O–H groups in total. The third kappa shape index (κ3) is 4.47. The molecule has 0 radical (unpaired) electrons. The van der Waals surface area contributed by atoms with Gasteiger partial charge in [-0.2, -0.15) is 5.01 Å². The van der Waals surface area contributed by atoms with E-state index in [9.17, 15) is 14.4 Å². The minimum absolute atomic E-state index is 0.340. The second-order valence-corrected chi connectivity index (χ2v) is 7.92. The number of carbonyl (C=O) groups excluding carboxylic acids is 3. The number of hydrogen-bond acceptors (Lipinski definition) is 5. The molecule has 4 amide bonds. The molecule has 0 spiro atoms. The highest BCUT2D eigenvalue weighted by atomic mass is 16.5. The Morgan fingerprint density at radius 2 is 1.90 bits per heavy atom. The standard InChI is InChI=1S/C23H27N3O5/c1-14(2)19-10-9-18(11-15(19)3)31-13-20(27)25-26-21(28)23(4,24-22(26)29)16-7-6-8-17(12-16)30-5/h6-12,14H,13H2,1-5H3,(H,24,29)(H,25,27)/t23-/m0/s1. The SMILES string of the molecule is COc1cccc([C@]2(C)NC(=O)N(NC(=O)COc3ccc(C(C)C)c(C)c3)C2=O)c1. The molecule has 1 aliphatic rings. The van der Waals surface area contributed by atoms with Crippen molar-refractivity contribution in [2.45, 2.75) is 39.2 Å². The van der Waals surface area contributed by atoms with E-state index >= 15 is 0 Å². The lowest BCUT2D eigenvalue weighted by molar-refractivity contribution is -0.139. The highest BCUT2D eigenvalue weighted by Gasteiger charge is 2.50. The zero-order valence-electron chi connectivity index (χ0n) is 18.3. The molecule has 1 atom stereocenters. The van der Waals surface area contributed by atoms with Crippen molar-refractivity contribution in [3.8, 4) is 11.5 Å². The predicted molar refractivity (Wildman–Crippen MR) is 115 cm³/mol. The number of benzene rings is 2. The van der Waals surface area contributed by atoms with Crippen molar-refractivity contribution in [1.82, 2.24) is 15.8 Å². The van der Waals surface area contributed by atoms with Crippen LogP contribution in [0.5, 0.6) is 11.5 Å². The first-order chi connectivity index (χ1) is 14.7. The molecular formula is C23H27N3O5. The lowest BCUT2D eigenvalue weighted by Gasteiger charge is -2.22. The summed E-state index contributed by atoms with van der Waals surface area (Å²) in [5.41, 5.74) is 3.80. The maximum atomic E-state index is 12.9. The molecule has 3 rings (SSSR count). The van der Waals surface area contributed by atoms with Gasteiger partial charge in [-0.05, 0) is 60.7 Å². The summed E-state index contributed by atoms with van der Waals surface area (Å²) in [5.74, 6) is 0.252. The minimum atomic E-state index is -1.33. The molecule has 1 heterocycles. The summed E-state index contributed by atoms with van der Waals surface area (Å²) in [5, 5.41) is 3.31. The molecule has 31 heavy (non-hydrogen) atoms. The summed E-state index contributed by atoms with van der Waals surface area (Å²) in [6, 6.07) is 11.7. The summed E-state index contributed by atoms with van der Waals surface area (Å²) in [4.78, 5) is 37.7. The maximum absolute atomic E-state index is 12.9. The number of amides is 4. The van der Waals surface area contributed by atoms with Crippen molar-refractivity contribution in [3.05, 3.63) is 59.2 Å². The van der Waals surface area contributed by atoms with Gasteiger partial charge in [-0.1, -0.05) is 32.0 Å².